The molecular weight excluding hydrogens is 324 g/mol. The van der Waals surface area contributed by atoms with E-state index in [4.69, 9.17) is 10.3 Å². The van der Waals surface area contributed by atoms with E-state index in [0.29, 0.717) is 17.0 Å². The van der Waals surface area contributed by atoms with Crippen LogP contribution in [0.25, 0.3) is 0 Å². The Morgan fingerprint density at radius 3 is 2.39 bits per heavy atom. The third-order valence-corrected chi connectivity index (χ3v) is 5.16. The van der Waals surface area contributed by atoms with E-state index in [9.17, 15) is 18.0 Å². The van der Waals surface area contributed by atoms with Gasteiger partial charge in [-0.25, -0.2) is 8.42 Å². The number of carbonyl (C=O) groups excluding carboxylic acids is 2. The molecule has 1 aliphatic rings. The minimum atomic E-state index is -3.48. The van der Waals surface area contributed by atoms with Gasteiger partial charge in [0.25, 0.3) is 5.91 Å². The lowest BCUT2D eigenvalue weighted by atomic mass is 10.1. The molecule has 0 aromatic carbocycles. The molecule has 2 amide bonds. The van der Waals surface area contributed by atoms with Crippen LogP contribution in [0.15, 0.2) is 4.52 Å². The van der Waals surface area contributed by atoms with Crippen molar-refractivity contribution in [2.45, 2.75) is 13.8 Å². The molecule has 1 aromatic rings. The van der Waals surface area contributed by atoms with Gasteiger partial charge < -0.3 is 15.2 Å². The molecule has 0 radical (unpaired) electrons. The quantitative estimate of drug-likeness (QED) is 0.758. The van der Waals surface area contributed by atoms with Gasteiger partial charge in [0.1, 0.15) is 11.3 Å². The molecule has 2 rings (SSSR count). The average Bonchev–Trinajstić information content (AvgIpc) is 2.65. The van der Waals surface area contributed by atoms with Crippen molar-refractivity contribution >= 4 is 21.8 Å². The highest BCUT2D eigenvalue weighted by molar-refractivity contribution is 7.88. The average molecular weight is 344 g/mol. The Balaban J connectivity index is 2.30. The van der Waals surface area contributed by atoms with Crippen molar-refractivity contribution in [1.82, 2.24) is 14.4 Å². The number of aromatic nitrogens is 1. The molecule has 1 aliphatic heterocycles. The fourth-order valence-electron chi connectivity index (χ4n) is 2.60. The fraction of sp³-hybridized carbons (Fsp3) is 0.615. The molecule has 0 aliphatic carbocycles. The van der Waals surface area contributed by atoms with E-state index in [1.54, 1.807) is 13.8 Å². The predicted molar refractivity (Wildman–Crippen MR) is 81.0 cm³/mol. The first kappa shape index (κ1) is 17.4. The third kappa shape index (κ3) is 3.70. The van der Waals surface area contributed by atoms with E-state index in [2.05, 4.69) is 5.16 Å². The van der Waals surface area contributed by atoms with Crippen molar-refractivity contribution in [1.29, 1.82) is 0 Å². The first-order valence-corrected chi connectivity index (χ1v) is 8.92. The highest BCUT2D eigenvalue weighted by Crippen LogP contribution is 2.19. The molecule has 128 valence electrons. The molecule has 23 heavy (non-hydrogen) atoms. The third-order valence-electron chi connectivity index (χ3n) is 3.89. The number of nitrogens with zero attached hydrogens (tertiary/aromatic N) is 3. The smallest absolute Gasteiger partial charge is 0.259 e. The summed E-state index contributed by atoms with van der Waals surface area (Å²) in [6.45, 7) is 3.58. The molecule has 10 heteroatoms. The lowest BCUT2D eigenvalue weighted by Crippen LogP contribution is -2.41. The van der Waals surface area contributed by atoms with Crippen LogP contribution in [0.4, 0.5) is 0 Å². The summed E-state index contributed by atoms with van der Waals surface area (Å²) in [5.74, 6) is -1.37. The molecule has 2 heterocycles. The normalized spacial score (nSPS) is 20.3. The van der Waals surface area contributed by atoms with Crippen molar-refractivity contribution < 1.29 is 22.5 Å². The Kier molecular flexibility index (Phi) is 4.76. The summed E-state index contributed by atoms with van der Waals surface area (Å²) in [5.41, 5.74) is 6.14. The van der Waals surface area contributed by atoms with E-state index in [1.165, 1.54) is 9.21 Å². The van der Waals surface area contributed by atoms with Gasteiger partial charge in [0, 0.05) is 26.2 Å². The van der Waals surface area contributed by atoms with Crippen LogP contribution < -0.4 is 5.73 Å². The summed E-state index contributed by atoms with van der Waals surface area (Å²) >= 11 is 0. The van der Waals surface area contributed by atoms with E-state index in [0.717, 1.165) is 6.26 Å². The van der Waals surface area contributed by atoms with E-state index < -0.39 is 21.8 Å². The zero-order chi connectivity index (χ0) is 17.4. The summed E-state index contributed by atoms with van der Waals surface area (Å²) < 4.78 is 29.7. The van der Waals surface area contributed by atoms with Crippen molar-refractivity contribution in [3.8, 4) is 0 Å². The molecule has 0 unspecified atom stereocenters. The van der Waals surface area contributed by atoms with Crippen LogP contribution in [0.3, 0.4) is 0 Å². The molecule has 1 atom stereocenters. The van der Waals surface area contributed by atoms with Crippen LogP contribution in [-0.2, 0) is 14.8 Å². The maximum absolute atomic E-state index is 12.7. The summed E-state index contributed by atoms with van der Waals surface area (Å²) in [5, 5.41) is 3.74. The number of rotatable bonds is 3. The highest BCUT2D eigenvalue weighted by Gasteiger charge is 2.34. The van der Waals surface area contributed by atoms with Crippen molar-refractivity contribution in [2.24, 2.45) is 11.7 Å². The topological polar surface area (TPSA) is 127 Å². The van der Waals surface area contributed by atoms with Crippen LogP contribution >= 0.6 is 0 Å². The van der Waals surface area contributed by atoms with Crippen LogP contribution in [0.5, 0.6) is 0 Å². The number of hydrogen-bond donors (Lipinski definition) is 1. The maximum Gasteiger partial charge on any atom is 0.259 e. The Morgan fingerprint density at radius 1 is 1.26 bits per heavy atom. The SMILES string of the molecule is Cc1noc(C)c1C(=O)N1CCN(S(C)(=O)=O)C[C@@H](C(N)=O)C1. The van der Waals surface area contributed by atoms with Crippen LogP contribution in [0, 0.1) is 19.8 Å². The number of nitrogens with two attached hydrogens (primary N) is 1. The van der Waals surface area contributed by atoms with E-state index in [1.807, 2.05) is 0 Å². The van der Waals surface area contributed by atoms with Gasteiger partial charge in [-0.3, -0.25) is 9.59 Å². The number of primary amides is 1. The lowest BCUT2D eigenvalue weighted by Gasteiger charge is -2.22. The minimum Gasteiger partial charge on any atom is -0.369 e. The zero-order valence-corrected chi connectivity index (χ0v) is 14.1. The zero-order valence-electron chi connectivity index (χ0n) is 13.3. The van der Waals surface area contributed by atoms with Crippen molar-refractivity contribution in [3.05, 3.63) is 17.0 Å². The molecule has 1 aromatic heterocycles. The summed E-state index contributed by atoms with van der Waals surface area (Å²) in [7, 11) is -3.48. The van der Waals surface area contributed by atoms with Gasteiger partial charge in [-0.05, 0) is 13.8 Å². The first-order valence-electron chi connectivity index (χ1n) is 7.08. The summed E-state index contributed by atoms with van der Waals surface area (Å²) in [6.07, 6.45) is 1.07. The Hall–Kier alpha value is -1.94. The predicted octanol–water partition coefficient (Wildman–Crippen LogP) is -0.890. The fourth-order valence-corrected chi connectivity index (χ4v) is 3.46. The first-order chi connectivity index (χ1) is 10.6. The number of hydrogen-bond acceptors (Lipinski definition) is 6. The van der Waals surface area contributed by atoms with Crippen molar-refractivity contribution in [3.63, 3.8) is 0 Å². The molecule has 0 bridgehead atoms. The molecule has 0 spiro atoms. The Labute approximate surface area is 134 Å². The van der Waals surface area contributed by atoms with E-state index >= 15 is 0 Å². The van der Waals surface area contributed by atoms with E-state index in [-0.39, 0.29) is 32.1 Å². The van der Waals surface area contributed by atoms with Gasteiger partial charge in [-0.2, -0.15) is 4.31 Å². The second-order valence-electron chi connectivity index (χ2n) is 5.67. The number of aryl methyl sites for hydroxylation is 2. The second kappa shape index (κ2) is 6.28. The summed E-state index contributed by atoms with van der Waals surface area (Å²) in [6, 6.07) is 0. The van der Waals surface area contributed by atoms with Crippen LogP contribution in [-0.4, -0.2) is 67.0 Å². The highest BCUT2D eigenvalue weighted by atomic mass is 32.2. The van der Waals surface area contributed by atoms with Gasteiger partial charge in [0.15, 0.2) is 0 Å². The largest absolute Gasteiger partial charge is 0.369 e. The molecule has 9 nitrogen and oxygen atoms in total. The summed E-state index contributed by atoms with van der Waals surface area (Å²) in [4.78, 5) is 25.7. The number of amides is 2. The molecule has 1 fully saturated rings. The standard InChI is InChI=1S/C13H20N4O5S/c1-8-11(9(2)22-15-8)13(19)16-4-5-17(23(3,20)21)7-10(6-16)12(14)18/h10H,4-7H2,1-3H3,(H2,14,18)/t10-/m0/s1. The maximum atomic E-state index is 12.7. The van der Waals surface area contributed by atoms with Gasteiger partial charge >= 0.3 is 0 Å². The molecular formula is C13H20N4O5S. The number of carbonyl (C=O) groups is 2. The monoisotopic (exact) mass is 344 g/mol. The molecule has 0 saturated carbocycles. The molecule has 1 saturated heterocycles. The minimum absolute atomic E-state index is 0.0282. The van der Waals surface area contributed by atoms with Gasteiger partial charge in [0.05, 0.1) is 17.9 Å². The Bertz CT molecular complexity index is 707. The number of sulfonamides is 1. The lowest BCUT2D eigenvalue weighted by molar-refractivity contribution is -0.122. The Morgan fingerprint density at radius 2 is 1.91 bits per heavy atom. The molecule has 2 N–H and O–H groups in total. The van der Waals surface area contributed by atoms with Gasteiger partial charge in [-0.1, -0.05) is 5.16 Å². The van der Waals surface area contributed by atoms with Gasteiger partial charge in [0.2, 0.25) is 15.9 Å². The van der Waals surface area contributed by atoms with Crippen LogP contribution in [0.1, 0.15) is 21.8 Å². The van der Waals surface area contributed by atoms with Crippen molar-refractivity contribution in [2.75, 3.05) is 32.4 Å². The van der Waals surface area contributed by atoms with Gasteiger partial charge in [-0.15, -0.1) is 0 Å². The van der Waals surface area contributed by atoms with Crippen LogP contribution in [0.2, 0.25) is 0 Å². The second-order valence-corrected chi connectivity index (χ2v) is 7.65.